The van der Waals surface area contributed by atoms with E-state index in [1.807, 2.05) is 6.21 Å². The minimum absolute atomic E-state index is 0.869. The molecular weight excluding hydrogens is 342 g/mol. The Bertz CT molecular complexity index is 827. The fourth-order valence-corrected chi connectivity index (χ4v) is 3.64. The molecule has 1 saturated heterocycles. The van der Waals surface area contributed by atoms with Crippen molar-refractivity contribution >= 4 is 23.3 Å². The zero-order chi connectivity index (χ0) is 19.0. The van der Waals surface area contributed by atoms with E-state index < -0.39 is 0 Å². The van der Waals surface area contributed by atoms with Crippen LogP contribution in [0.4, 0.5) is 17.1 Å². The fraction of sp³-hybridized carbons (Fsp3) is 0.240. The highest BCUT2D eigenvalue weighted by molar-refractivity contribution is 5.76. The van der Waals surface area contributed by atoms with Crippen LogP contribution in [0, 0.1) is 0 Å². The van der Waals surface area contributed by atoms with Gasteiger partial charge in [-0.25, -0.2) is 0 Å². The Morgan fingerprint density at radius 1 is 0.679 bits per heavy atom. The van der Waals surface area contributed by atoms with Crippen LogP contribution < -0.4 is 4.90 Å². The number of anilines is 3. The number of para-hydroxylation sites is 2. The lowest BCUT2D eigenvalue weighted by Gasteiger charge is -2.25. The summed E-state index contributed by atoms with van der Waals surface area (Å²) in [6.45, 7) is 2.19. The van der Waals surface area contributed by atoms with Gasteiger partial charge in [0.2, 0.25) is 0 Å². The molecule has 1 heterocycles. The molecule has 0 atom stereocenters. The van der Waals surface area contributed by atoms with Gasteiger partial charge in [-0.05, 0) is 61.2 Å². The van der Waals surface area contributed by atoms with Crippen molar-refractivity contribution in [1.29, 1.82) is 0 Å². The van der Waals surface area contributed by atoms with Crippen molar-refractivity contribution in [1.82, 2.24) is 5.01 Å². The first-order valence-corrected chi connectivity index (χ1v) is 10.2. The van der Waals surface area contributed by atoms with Gasteiger partial charge in [-0.3, -0.25) is 5.01 Å². The molecule has 1 aliphatic rings. The fourth-order valence-electron chi connectivity index (χ4n) is 3.64. The van der Waals surface area contributed by atoms with Gasteiger partial charge in [-0.2, -0.15) is 5.10 Å². The van der Waals surface area contributed by atoms with Crippen LogP contribution in [0.2, 0.25) is 0 Å². The maximum absolute atomic E-state index is 4.63. The second-order valence-corrected chi connectivity index (χ2v) is 7.19. The molecule has 3 aromatic rings. The van der Waals surface area contributed by atoms with Crippen molar-refractivity contribution in [3.63, 3.8) is 0 Å². The molecule has 1 aliphatic heterocycles. The maximum atomic E-state index is 4.63. The van der Waals surface area contributed by atoms with E-state index in [2.05, 4.69) is 99.9 Å². The predicted molar refractivity (Wildman–Crippen MR) is 119 cm³/mol. The van der Waals surface area contributed by atoms with Crippen LogP contribution in [0.1, 0.15) is 24.8 Å². The molecule has 0 N–H and O–H groups in total. The molecular formula is C25H27N3. The highest BCUT2D eigenvalue weighted by Gasteiger charge is 2.11. The third kappa shape index (κ3) is 4.61. The lowest BCUT2D eigenvalue weighted by Crippen LogP contribution is -2.24. The molecule has 0 aliphatic carbocycles. The van der Waals surface area contributed by atoms with Crippen LogP contribution in [-0.2, 0) is 6.42 Å². The second-order valence-electron chi connectivity index (χ2n) is 7.19. The molecule has 0 saturated carbocycles. The van der Waals surface area contributed by atoms with Gasteiger partial charge in [0.25, 0.3) is 0 Å². The van der Waals surface area contributed by atoms with Crippen molar-refractivity contribution < 1.29 is 0 Å². The summed E-state index contributed by atoms with van der Waals surface area (Å²) in [4.78, 5) is 2.28. The van der Waals surface area contributed by atoms with E-state index in [9.17, 15) is 0 Å². The van der Waals surface area contributed by atoms with Gasteiger partial charge in [-0.15, -0.1) is 0 Å². The monoisotopic (exact) mass is 369 g/mol. The van der Waals surface area contributed by atoms with Gasteiger partial charge >= 0.3 is 0 Å². The molecule has 0 amide bonds. The lowest BCUT2D eigenvalue weighted by molar-refractivity contribution is 0.240. The SMILES string of the molecule is C(/Cc1ccc(N(c2ccccc2)c2ccccc2)cc1)=N/N1CCCCC1. The molecule has 0 unspecified atom stereocenters. The molecule has 3 heteroatoms. The van der Waals surface area contributed by atoms with Crippen LogP contribution >= 0.6 is 0 Å². The quantitative estimate of drug-likeness (QED) is 0.484. The third-order valence-electron chi connectivity index (χ3n) is 5.13. The van der Waals surface area contributed by atoms with E-state index in [4.69, 9.17) is 0 Å². The zero-order valence-corrected chi connectivity index (χ0v) is 16.2. The third-order valence-corrected chi connectivity index (χ3v) is 5.13. The Balaban J connectivity index is 1.51. The Hall–Kier alpha value is -3.07. The number of nitrogens with zero attached hydrogens (tertiary/aromatic N) is 3. The smallest absolute Gasteiger partial charge is 0.0461 e. The summed E-state index contributed by atoms with van der Waals surface area (Å²) >= 11 is 0. The van der Waals surface area contributed by atoms with Crippen molar-refractivity contribution in [2.75, 3.05) is 18.0 Å². The molecule has 4 rings (SSSR count). The summed E-state index contributed by atoms with van der Waals surface area (Å²) in [6.07, 6.45) is 6.79. The number of piperidine rings is 1. The molecule has 142 valence electrons. The molecule has 0 radical (unpaired) electrons. The maximum Gasteiger partial charge on any atom is 0.0461 e. The van der Waals surface area contributed by atoms with Crippen molar-refractivity contribution in [3.8, 4) is 0 Å². The van der Waals surface area contributed by atoms with E-state index >= 15 is 0 Å². The first-order chi connectivity index (χ1) is 13.9. The second kappa shape index (κ2) is 9.23. The molecule has 0 aromatic heterocycles. The summed E-state index contributed by atoms with van der Waals surface area (Å²) in [7, 11) is 0. The van der Waals surface area contributed by atoms with Crippen LogP contribution in [0.5, 0.6) is 0 Å². The summed E-state index contributed by atoms with van der Waals surface area (Å²) in [6, 6.07) is 29.8. The molecule has 1 fully saturated rings. The number of benzene rings is 3. The summed E-state index contributed by atoms with van der Waals surface area (Å²) in [5.74, 6) is 0. The molecule has 3 aromatic carbocycles. The van der Waals surface area contributed by atoms with E-state index in [-0.39, 0.29) is 0 Å². The van der Waals surface area contributed by atoms with Gasteiger partial charge < -0.3 is 4.90 Å². The van der Waals surface area contributed by atoms with E-state index in [0.717, 1.165) is 36.6 Å². The molecule has 3 nitrogen and oxygen atoms in total. The van der Waals surface area contributed by atoms with Crippen LogP contribution in [0.15, 0.2) is 90.0 Å². The van der Waals surface area contributed by atoms with Gasteiger partial charge in [0.15, 0.2) is 0 Å². The largest absolute Gasteiger partial charge is 0.311 e. The Labute approximate surface area is 167 Å². The molecule has 0 spiro atoms. The Kier molecular flexibility index (Phi) is 6.03. The van der Waals surface area contributed by atoms with Gasteiger partial charge in [0.1, 0.15) is 0 Å². The minimum Gasteiger partial charge on any atom is -0.311 e. The Morgan fingerprint density at radius 2 is 1.21 bits per heavy atom. The van der Waals surface area contributed by atoms with Crippen LogP contribution in [0.25, 0.3) is 0 Å². The summed E-state index contributed by atoms with van der Waals surface area (Å²) < 4.78 is 0. The molecule has 0 bridgehead atoms. The lowest BCUT2D eigenvalue weighted by atomic mass is 10.1. The topological polar surface area (TPSA) is 18.8 Å². The Morgan fingerprint density at radius 3 is 1.79 bits per heavy atom. The number of rotatable bonds is 6. The molecule has 28 heavy (non-hydrogen) atoms. The average molecular weight is 370 g/mol. The minimum atomic E-state index is 0.869. The van der Waals surface area contributed by atoms with E-state index in [0.29, 0.717) is 0 Å². The van der Waals surface area contributed by atoms with E-state index in [1.54, 1.807) is 0 Å². The highest BCUT2D eigenvalue weighted by atomic mass is 15.4. The predicted octanol–water partition coefficient (Wildman–Crippen LogP) is 6.17. The van der Waals surface area contributed by atoms with Gasteiger partial charge in [0.05, 0.1) is 0 Å². The van der Waals surface area contributed by atoms with Crippen LogP contribution in [-0.4, -0.2) is 24.3 Å². The van der Waals surface area contributed by atoms with Gasteiger partial charge in [0, 0.05) is 42.8 Å². The normalized spacial score (nSPS) is 14.4. The summed E-state index contributed by atoms with van der Waals surface area (Å²) in [5, 5.41) is 6.83. The van der Waals surface area contributed by atoms with Gasteiger partial charge in [-0.1, -0.05) is 48.5 Å². The van der Waals surface area contributed by atoms with Crippen LogP contribution in [0.3, 0.4) is 0 Å². The number of hydrogen-bond acceptors (Lipinski definition) is 3. The average Bonchev–Trinajstić information content (AvgIpc) is 2.77. The first kappa shape index (κ1) is 18.3. The standard InChI is InChI=1S/C25H27N3/c1-4-10-23(11-5-1)28(24-12-6-2-7-13-24)25-16-14-22(15-17-25)18-19-26-27-20-8-3-9-21-27/h1-2,4-7,10-17,19H,3,8-9,18,20-21H2/b26-19-. The van der Waals surface area contributed by atoms with Crippen molar-refractivity contribution in [2.24, 2.45) is 5.10 Å². The zero-order valence-electron chi connectivity index (χ0n) is 16.2. The number of hydrazone groups is 1. The highest BCUT2D eigenvalue weighted by Crippen LogP contribution is 2.33. The summed E-state index contributed by atoms with van der Waals surface area (Å²) in [5.41, 5.74) is 4.76. The van der Waals surface area contributed by atoms with E-state index in [1.165, 1.54) is 24.8 Å². The number of hydrogen-bond donors (Lipinski definition) is 0. The van der Waals surface area contributed by atoms with Crippen molar-refractivity contribution in [2.45, 2.75) is 25.7 Å². The first-order valence-electron chi connectivity index (χ1n) is 10.2. The van der Waals surface area contributed by atoms with Crippen molar-refractivity contribution in [3.05, 3.63) is 90.5 Å².